The number of aliphatic carboxylic acids is 1. The molecule has 186 valence electrons. The molecule has 0 spiro atoms. The highest BCUT2D eigenvalue weighted by Crippen LogP contribution is 2.44. The zero-order chi connectivity index (χ0) is 25.4. The topological polar surface area (TPSA) is 105 Å². The SMILES string of the molecule is CC(C)(NC(=O)C1CCC(NC(=O)OCC2c3ccccc3-c3ccccc32)C1)C(C)(C)C(=O)O. The predicted molar refractivity (Wildman–Crippen MR) is 133 cm³/mol. The number of carbonyl (C=O) groups excluding carboxylic acids is 2. The highest BCUT2D eigenvalue weighted by molar-refractivity contribution is 5.83. The molecule has 0 aromatic heterocycles. The Kier molecular flexibility index (Phi) is 6.62. The zero-order valence-electron chi connectivity index (χ0n) is 20.8. The molecule has 0 saturated heterocycles. The summed E-state index contributed by atoms with van der Waals surface area (Å²) in [6, 6.07) is 16.2. The van der Waals surface area contributed by atoms with Crippen molar-refractivity contribution in [1.82, 2.24) is 10.6 Å². The first-order valence-corrected chi connectivity index (χ1v) is 12.2. The first-order valence-electron chi connectivity index (χ1n) is 12.2. The second-order valence-electron chi connectivity index (χ2n) is 10.7. The number of rotatable bonds is 7. The Morgan fingerprint density at radius 3 is 2.09 bits per heavy atom. The van der Waals surface area contributed by atoms with Gasteiger partial charge in [0.1, 0.15) is 6.61 Å². The third kappa shape index (κ3) is 4.77. The van der Waals surface area contributed by atoms with E-state index in [1.807, 2.05) is 24.3 Å². The molecule has 2 aromatic carbocycles. The summed E-state index contributed by atoms with van der Waals surface area (Å²) in [6.07, 6.45) is 1.32. The maximum Gasteiger partial charge on any atom is 0.407 e. The van der Waals surface area contributed by atoms with Crippen LogP contribution in [0, 0.1) is 11.3 Å². The molecule has 0 bridgehead atoms. The maximum atomic E-state index is 12.8. The minimum atomic E-state index is -1.12. The van der Waals surface area contributed by atoms with Crippen LogP contribution in [0.25, 0.3) is 11.1 Å². The van der Waals surface area contributed by atoms with Gasteiger partial charge in [0.15, 0.2) is 0 Å². The van der Waals surface area contributed by atoms with E-state index in [9.17, 15) is 19.5 Å². The molecule has 7 nitrogen and oxygen atoms in total. The molecular formula is C28H34N2O5. The van der Waals surface area contributed by atoms with Crippen LogP contribution in [0.5, 0.6) is 0 Å². The summed E-state index contributed by atoms with van der Waals surface area (Å²) in [7, 11) is 0. The Hall–Kier alpha value is -3.35. The second-order valence-corrected chi connectivity index (χ2v) is 10.7. The molecule has 1 saturated carbocycles. The fourth-order valence-electron chi connectivity index (χ4n) is 4.99. The molecule has 2 aromatic rings. The van der Waals surface area contributed by atoms with E-state index in [0.29, 0.717) is 19.3 Å². The molecule has 0 heterocycles. The average molecular weight is 479 g/mol. The van der Waals surface area contributed by atoms with Crippen molar-refractivity contribution in [3.8, 4) is 11.1 Å². The molecule has 35 heavy (non-hydrogen) atoms. The van der Waals surface area contributed by atoms with E-state index in [1.54, 1.807) is 27.7 Å². The van der Waals surface area contributed by atoms with Crippen LogP contribution in [-0.4, -0.2) is 41.3 Å². The van der Waals surface area contributed by atoms with Gasteiger partial charge in [0.05, 0.1) is 5.41 Å². The molecule has 2 aliphatic carbocycles. The summed E-state index contributed by atoms with van der Waals surface area (Å²) in [5.74, 6) is -1.43. The molecule has 2 amide bonds. The van der Waals surface area contributed by atoms with Crippen LogP contribution in [0.15, 0.2) is 48.5 Å². The summed E-state index contributed by atoms with van der Waals surface area (Å²) >= 11 is 0. The van der Waals surface area contributed by atoms with Gasteiger partial charge < -0.3 is 20.5 Å². The molecule has 0 aliphatic heterocycles. The zero-order valence-corrected chi connectivity index (χ0v) is 20.8. The van der Waals surface area contributed by atoms with Gasteiger partial charge in [-0.1, -0.05) is 48.5 Å². The number of fused-ring (bicyclic) bond motifs is 3. The summed E-state index contributed by atoms with van der Waals surface area (Å²) in [6.45, 7) is 6.90. The van der Waals surface area contributed by atoms with Gasteiger partial charge in [-0.05, 0) is 69.2 Å². The molecule has 0 radical (unpaired) electrons. The van der Waals surface area contributed by atoms with Crippen LogP contribution >= 0.6 is 0 Å². The maximum absolute atomic E-state index is 12.8. The lowest BCUT2D eigenvalue weighted by atomic mass is 9.74. The molecule has 2 aliphatic rings. The van der Waals surface area contributed by atoms with E-state index >= 15 is 0 Å². The average Bonchev–Trinajstić information content (AvgIpc) is 3.40. The normalized spacial score (nSPS) is 19.5. The highest BCUT2D eigenvalue weighted by atomic mass is 16.5. The lowest BCUT2D eigenvalue weighted by Gasteiger charge is -2.39. The van der Waals surface area contributed by atoms with Crippen LogP contribution in [0.1, 0.15) is 64.0 Å². The third-order valence-corrected chi connectivity index (χ3v) is 8.00. The lowest BCUT2D eigenvalue weighted by Crippen LogP contribution is -2.58. The molecule has 7 heteroatoms. The number of carboxylic acid groups (broad SMARTS) is 1. The van der Waals surface area contributed by atoms with E-state index in [2.05, 4.69) is 34.9 Å². The number of amides is 2. The number of benzene rings is 2. The van der Waals surface area contributed by atoms with Crippen LogP contribution in [0.2, 0.25) is 0 Å². The van der Waals surface area contributed by atoms with Gasteiger partial charge in [-0.3, -0.25) is 9.59 Å². The van der Waals surface area contributed by atoms with Crippen molar-refractivity contribution < 1.29 is 24.2 Å². The van der Waals surface area contributed by atoms with Crippen LogP contribution in [0.3, 0.4) is 0 Å². The molecule has 2 unspecified atom stereocenters. The minimum absolute atomic E-state index is 0.00456. The van der Waals surface area contributed by atoms with Crippen molar-refractivity contribution in [1.29, 1.82) is 0 Å². The van der Waals surface area contributed by atoms with Crippen LogP contribution < -0.4 is 10.6 Å². The predicted octanol–water partition coefficient (Wildman–Crippen LogP) is 4.70. The van der Waals surface area contributed by atoms with Gasteiger partial charge in [0, 0.05) is 23.4 Å². The van der Waals surface area contributed by atoms with Crippen molar-refractivity contribution in [3.63, 3.8) is 0 Å². The largest absolute Gasteiger partial charge is 0.481 e. The van der Waals surface area contributed by atoms with E-state index in [1.165, 1.54) is 11.1 Å². The number of alkyl carbamates (subject to hydrolysis) is 1. The highest BCUT2D eigenvalue weighted by Gasteiger charge is 2.45. The minimum Gasteiger partial charge on any atom is -0.481 e. The van der Waals surface area contributed by atoms with Gasteiger partial charge >= 0.3 is 12.1 Å². The number of hydrogen-bond donors (Lipinski definition) is 3. The number of nitrogens with one attached hydrogen (secondary N) is 2. The summed E-state index contributed by atoms with van der Waals surface area (Å²) in [5.41, 5.74) is 2.62. The van der Waals surface area contributed by atoms with Crippen LogP contribution in [-0.2, 0) is 14.3 Å². The number of ether oxygens (including phenoxy) is 1. The fraction of sp³-hybridized carbons (Fsp3) is 0.464. The van der Waals surface area contributed by atoms with Gasteiger partial charge in [0.2, 0.25) is 5.91 Å². The first kappa shape index (κ1) is 24.8. The first-order chi connectivity index (χ1) is 16.5. The Morgan fingerprint density at radius 1 is 0.943 bits per heavy atom. The number of carboxylic acids is 1. The third-order valence-electron chi connectivity index (χ3n) is 8.00. The van der Waals surface area contributed by atoms with Crippen molar-refractivity contribution in [3.05, 3.63) is 59.7 Å². The Bertz CT molecular complexity index is 1090. The lowest BCUT2D eigenvalue weighted by molar-refractivity contribution is -0.152. The quantitative estimate of drug-likeness (QED) is 0.535. The van der Waals surface area contributed by atoms with Gasteiger partial charge in [-0.15, -0.1) is 0 Å². The van der Waals surface area contributed by atoms with Crippen molar-refractivity contribution >= 4 is 18.0 Å². The van der Waals surface area contributed by atoms with Crippen molar-refractivity contribution in [2.75, 3.05) is 6.61 Å². The summed E-state index contributed by atoms with van der Waals surface area (Å²) < 4.78 is 5.63. The summed E-state index contributed by atoms with van der Waals surface area (Å²) in [5, 5.41) is 15.3. The standard InChI is InChI=1S/C28H34N2O5/c1-27(2,25(32)33)28(3,4)30-24(31)17-13-14-18(15-17)29-26(34)35-16-23-21-11-7-5-9-19(21)20-10-6-8-12-22(20)23/h5-12,17-18,23H,13-16H2,1-4H3,(H,29,34)(H,30,31)(H,32,33). The molecule has 4 rings (SSSR count). The van der Waals surface area contributed by atoms with Gasteiger partial charge in [0.25, 0.3) is 0 Å². The molecule has 2 atom stereocenters. The van der Waals surface area contributed by atoms with E-state index in [4.69, 9.17) is 4.74 Å². The Labute approximate surface area is 206 Å². The molecule has 3 N–H and O–H groups in total. The fourth-order valence-corrected chi connectivity index (χ4v) is 4.99. The monoisotopic (exact) mass is 478 g/mol. The molecular weight excluding hydrogens is 444 g/mol. The van der Waals surface area contributed by atoms with Crippen LogP contribution in [0.4, 0.5) is 4.79 Å². The van der Waals surface area contributed by atoms with E-state index in [0.717, 1.165) is 11.1 Å². The van der Waals surface area contributed by atoms with Gasteiger partial charge in [-0.2, -0.15) is 0 Å². The second kappa shape index (κ2) is 9.36. The van der Waals surface area contributed by atoms with E-state index in [-0.39, 0.29) is 30.4 Å². The van der Waals surface area contributed by atoms with Crippen molar-refractivity contribution in [2.45, 2.75) is 64.5 Å². The van der Waals surface area contributed by atoms with E-state index < -0.39 is 23.0 Å². The number of carbonyl (C=O) groups is 3. The van der Waals surface area contributed by atoms with Gasteiger partial charge in [-0.25, -0.2) is 4.79 Å². The Balaban J connectivity index is 1.30. The smallest absolute Gasteiger partial charge is 0.407 e. The van der Waals surface area contributed by atoms with Crippen molar-refractivity contribution in [2.24, 2.45) is 11.3 Å². The Morgan fingerprint density at radius 2 is 1.51 bits per heavy atom. The summed E-state index contributed by atoms with van der Waals surface area (Å²) in [4.78, 5) is 37.1. The number of hydrogen-bond acceptors (Lipinski definition) is 4. The molecule has 1 fully saturated rings.